The smallest absolute Gasteiger partial charge is 0.225 e. The topological polar surface area (TPSA) is 50.8 Å². The van der Waals surface area contributed by atoms with Gasteiger partial charge in [0.05, 0.1) is 26.0 Å². The van der Waals surface area contributed by atoms with Gasteiger partial charge < -0.3 is 19.7 Å². The number of ether oxygens (including phenoxy) is 2. The van der Waals surface area contributed by atoms with Gasteiger partial charge in [-0.1, -0.05) is 12.2 Å². The molecule has 1 unspecified atom stereocenters. The van der Waals surface area contributed by atoms with Gasteiger partial charge in [-0.15, -0.1) is 0 Å². The Hall–Kier alpha value is -2.01. The van der Waals surface area contributed by atoms with Crippen molar-refractivity contribution < 1.29 is 14.3 Å². The van der Waals surface area contributed by atoms with Crippen LogP contribution in [-0.4, -0.2) is 39.3 Å². The molecule has 1 heterocycles. The summed E-state index contributed by atoms with van der Waals surface area (Å²) in [5.41, 5.74) is 2.91. The molecule has 130 valence electrons. The summed E-state index contributed by atoms with van der Waals surface area (Å²) < 4.78 is 11.0. The van der Waals surface area contributed by atoms with Crippen LogP contribution in [0.25, 0.3) is 0 Å². The van der Waals surface area contributed by atoms with E-state index in [0.717, 1.165) is 56.1 Å². The molecule has 1 aliphatic carbocycles. The number of nitrogens with zero attached hydrogens (tertiary/aromatic N) is 1. The molecule has 5 nitrogen and oxygen atoms in total. The van der Waals surface area contributed by atoms with Crippen LogP contribution in [0.2, 0.25) is 0 Å². The maximum atomic E-state index is 12.3. The van der Waals surface area contributed by atoms with Crippen LogP contribution in [0.5, 0.6) is 5.75 Å². The van der Waals surface area contributed by atoms with E-state index in [2.05, 4.69) is 28.4 Å². The van der Waals surface area contributed by atoms with E-state index in [0.29, 0.717) is 18.1 Å². The molecule has 2 aliphatic rings. The number of hydrogen-bond donors (Lipinski definition) is 1. The molecule has 1 aromatic carbocycles. The van der Waals surface area contributed by atoms with E-state index in [4.69, 9.17) is 9.47 Å². The van der Waals surface area contributed by atoms with Gasteiger partial charge in [-0.2, -0.15) is 0 Å². The zero-order valence-electron chi connectivity index (χ0n) is 14.5. The van der Waals surface area contributed by atoms with Crippen molar-refractivity contribution in [1.29, 1.82) is 0 Å². The fourth-order valence-electron chi connectivity index (χ4n) is 3.36. The number of carbonyl (C=O) groups excluding carboxylic acids is 1. The van der Waals surface area contributed by atoms with E-state index in [1.807, 2.05) is 13.0 Å². The molecule has 0 spiro atoms. The molecule has 5 heteroatoms. The molecule has 1 atom stereocenters. The zero-order valence-corrected chi connectivity index (χ0v) is 14.5. The number of rotatable bonds is 5. The lowest BCUT2D eigenvalue weighted by molar-refractivity contribution is -0.116. The summed E-state index contributed by atoms with van der Waals surface area (Å²) in [7, 11) is 1.65. The first-order valence-electron chi connectivity index (χ1n) is 8.65. The van der Waals surface area contributed by atoms with Crippen LogP contribution in [0.3, 0.4) is 0 Å². The molecule has 1 aromatic rings. The molecule has 1 amide bonds. The lowest BCUT2D eigenvalue weighted by Gasteiger charge is -2.30. The van der Waals surface area contributed by atoms with Crippen molar-refractivity contribution in [1.82, 2.24) is 0 Å². The predicted octanol–water partition coefficient (Wildman–Crippen LogP) is 3.14. The van der Waals surface area contributed by atoms with Crippen LogP contribution in [0.1, 0.15) is 24.8 Å². The maximum absolute atomic E-state index is 12.3. The van der Waals surface area contributed by atoms with Gasteiger partial charge in [0.1, 0.15) is 5.75 Å². The Morgan fingerprint density at radius 1 is 1.38 bits per heavy atom. The number of nitrogens with one attached hydrogen (secondary N) is 1. The SMILES string of the molecule is COc1cc(N2CCOCC2)cc(C)c1NC(=O)CC1C=CCC1. The van der Waals surface area contributed by atoms with Crippen molar-refractivity contribution in [3.05, 3.63) is 29.8 Å². The van der Waals surface area contributed by atoms with Gasteiger partial charge in [0.15, 0.2) is 0 Å². The minimum atomic E-state index is 0.0482. The first kappa shape index (κ1) is 16.8. The highest BCUT2D eigenvalue weighted by atomic mass is 16.5. The molecule has 0 saturated carbocycles. The quantitative estimate of drug-likeness (QED) is 0.843. The third kappa shape index (κ3) is 3.90. The highest BCUT2D eigenvalue weighted by molar-refractivity contribution is 5.94. The molecular weight excluding hydrogens is 304 g/mol. The van der Waals surface area contributed by atoms with Gasteiger partial charge in [-0.25, -0.2) is 0 Å². The second-order valence-corrected chi connectivity index (χ2v) is 6.46. The fourth-order valence-corrected chi connectivity index (χ4v) is 3.36. The predicted molar refractivity (Wildman–Crippen MR) is 95.9 cm³/mol. The number of aryl methyl sites for hydroxylation is 1. The minimum Gasteiger partial charge on any atom is -0.494 e. The first-order valence-corrected chi connectivity index (χ1v) is 8.65. The second-order valence-electron chi connectivity index (χ2n) is 6.46. The standard InChI is InChI=1S/C19H26N2O3/c1-14-11-16(21-7-9-24-10-8-21)13-17(23-2)19(14)20-18(22)12-15-5-3-4-6-15/h3,5,11,13,15H,4,6-10,12H2,1-2H3,(H,20,22). The van der Waals surface area contributed by atoms with Crippen molar-refractivity contribution in [2.45, 2.75) is 26.2 Å². The molecular formula is C19H26N2O3. The largest absolute Gasteiger partial charge is 0.494 e. The third-order valence-electron chi connectivity index (χ3n) is 4.70. The van der Waals surface area contributed by atoms with Gasteiger partial charge in [0, 0.05) is 31.3 Å². The molecule has 24 heavy (non-hydrogen) atoms. The molecule has 1 aliphatic heterocycles. The fraction of sp³-hybridized carbons (Fsp3) is 0.526. The van der Waals surface area contributed by atoms with E-state index in [9.17, 15) is 4.79 Å². The molecule has 3 rings (SSSR count). The number of benzene rings is 1. The molecule has 1 saturated heterocycles. The molecule has 0 aromatic heterocycles. The summed E-state index contributed by atoms with van der Waals surface area (Å²) in [4.78, 5) is 14.6. The third-order valence-corrected chi connectivity index (χ3v) is 4.70. The summed E-state index contributed by atoms with van der Waals surface area (Å²) in [6.45, 7) is 5.26. The minimum absolute atomic E-state index is 0.0482. The first-order chi connectivity index (χ1) is 11.7. The molecule has 0 radical (unpaired) electrons. The maximum Gasteiger partial charge on any atom is 0.225 e. The van der Waals surface area contributed by atoms with E-state index in [1.165, 1.54) is 0 Å². The zero-order chi connectivity index (χ0) is 16.9. The Kier molecular flexibility index (Phi) is 5.41. The Morgan fingerprint density at radius 2 is 2.17 bits per heavy atom. The number of hydrogen-bond acceptors (Lipinski definition) is 4. The van der Waals surface area contributed by atoms with E-state index in [-0.39, 0.29) is 5.91 Å². The highest BCUT2D eigenvalue weighted by Gasteiger charge is 2.19. The van der Waals surface area contributed by atoms with E-state index in [1.54, 1.807) is 7.11 Å². The Morgan fingerprint density at radius 3 is 2.83 bits per heavy atom. The molecule has 0 bridgehead atoms. The number of amides is 1. The second kappa shape index (κ2) is 7.71. The van der Waals surface area contributed by atoms with Gasteiger partial charge in [0.25, 0.3) is 0 Å². The summed E-state index contributed by atoms with van der Waals surface area (Å²) in [6, 6.07) is 4.11. The Balaban J connectivity index is 1.74. The van der Waals surface area contributed by atoms with E-state index < -0.39 is 0 Å². The van der Waals surface area contributed by atoms with Crippen molar-refractivity contribution in [2.24, 2.45) is 5.92 Å². The lowest BCUT2D eigenvalue weighted by atomic mass is 10.0. The van der Waals surface area contributed by atoms with Crippen LogP contribution < -0.4 is 15.0 Å². The molecule has 1 fully saturated rings. The monoisotopic (exact) mass is 330 g/mol. The number of carbonyl (C=O) groups is 1. The average Bonchev–Trinajstić information content (AvgIpc) is 3.10. The van der Waals surface area contributed by atoms with Crippen molar-refractivity contribution in [2.75, 3.05) is 43.6 Å². The van der Waals surface area contributed by atoms with Crippen molar-refractivity contribution in [3.8, 4) is 5.75 Å². The van der Waals surface area contributed by atoms with Crippen molar-refractivity contribution in [3.63, 3.8) is 0 Å². The van der Waals surface area contributed by atoms with Crippen LogP contribution >= 0.6 is 0 Å². The highest BCUT2D eigenvalue weighted by Crippen LogP contribution is 2.34. The van der Waals surface area contributed by atoms with Crippen LogP contribution in [0, 0.1) is 12.8 Å². The van der Waals surface area contributed by atoms with Crippen LogP contribution in [-0.2, 0) is 9.53 Å². The summed E-state index contributed by atoms with van der Waals surface area (Å²) in [6.07, 6.45) is 6.98. The van der Waals surface area contributed by atoms with Gasteiger partial charge in [-0.05, 0) is 37.3 Å². The summed E-state index contributed by atoms with van der Waals surface area (Å²) in [5.74, 6) is 1.13. The van der Waals surface area contributed by atoms with E-state index >= 15 is 0 Å². The van der Waals surface area contributed by atoms with Crippen LogP contribution in [0.15, 0.2) is 24.3 Å². The summed E-state index contributed by atoms with van der Waals surface area (Å²) >= 11 is 0. The summed E-state index contributed by atoms with van der Waals surface area (Å²) in [5, 5.41) is 3.05. The van der Waals surface area contributed by atoms with Crippen molar-refractivity contribution >= 4 is 17.3 Å². The van der Waals surface area contributed by atoms with Gasteiger partial charge >= 0.3 is 0 Å². The Bertz CT molecular complexity index is 621. The van der Waals surface area contributed by atoms with Gasteiger partial charge in [0.2, 0.25) is 5.91 Å². The van der Waals surface area contributed by atoms with Gasteiger partial charge in [-0.3, -0.25) is 4.79 Å². The number of morpholine rings is 1. The Labute approximate surface area is 143 Å². The average molecular weight is 330 g/mol. The number of allylic oxidation sites excluding steroid dienone is 2. The lowest BCUT2D eigenvalue weighted by Crippen LogP contribution is -2.36. The number of anilines is 2. The normalized spacial score (nSPS) is 20.2. The number of methoxy groups -OCH3 is 1. The van der Waals surface area contributed by atoms with Crippen LogP contribution in [0.4, 0.5) is 11.4 Å². The molecule has 1 N–H and O–H groups in total.